The van der Waals surface area contributed by atoms with E-state index in [9.17, 15) is 27.2 Å². The first kappa shape index (κ1) is 19.5. The van der Waals surface area contributed by atoms with Crippen molar-refractivity contribution < 1.29 is 27.2 Å². The first-order valence-electron chi connectivity index (χ1n) is 8.28. The molecule has 1 aromatic heterocycles. The highest BCUT2D eigenvalue weighted by atomic mass is 19.4. The Labute approximate surface area is 157 Å². The van der Waals surface area contributed by atoms with Crippen molar-refractivity contribution in [1.29, 1.82) is 0 Å². The van der Waals surface area contributed by atoms with Crippen LogP contribution < -0.4 is 10.6 Å². The molecule has 0 fully saturated rings. The highest BCUT2D eigenvalue weighted by Gasteiger charge is 2.32. The number of alkyl halides is 3. The van der Waals surface area contributed by atoms with Crippen molar-refractivity contribution in [3.8, 4) is 0 Å². The minimum absolute atomic E-state index is 0.151. The molecule has 146 valence electrons. The average molecular weight is 393 g/mol. The second kappa shape index (κ2) is 7.41. The second-order valence-electron chi connectivity index (χ2n) is 6.22. The van der Waals surface area contributed by atoms with Crippen LogP contribution in [-0.2, 0) is 11.0 Å². The maximum absolute atomic E-state index is 13.6. The van der Waals surface area contributed by atoms with Gasteiger partial charge in [-0.2, -0.15) is 13.2 Å². The van der Waals surface area contributed by atoms with Crippen molar-refractivity contribution >= 4 is 17.4 Å². The van der Waals surface area contributed by atoms with E-state index in [2.05, 4.69) is 15.6 Å². The number of carbonyl (C=O) groups excluding carboxylic acids is 2. The van der Waals surface area contributed by atoms with Gasteiger partial charge in [-0.05, 0) is 37.3 Å². The van der Waals surface area contributed by atoms with E-state index in [0.29, 0.717) is 42.1 Å². The number of nitrogens with zero attached hydrogens (tertiary/aromatic N) is 1. The number of rotatable bonds is 4. The molecule has 0 radical (unpaired) electrons. The van der Waals surface area contributed by atoms with E-state index >= 15 is 0 Å². The van der Waals surface area contributed by atoms with Crippen LogP contribution in [-0.4, -0.2) is 23.2 Å². The van der Waals surface area contributed by atoms with E-state index < -0.39 is 28.9 Å². The van der Waals surface area contributed by atoms with Crippen molar-refractivity contribution in [3.63, 3.8) is 0 Å². The minimum Gasteiger partial charge on any atom is -0.358 e. The first-order chi connectivity index (χ1) is 13.1. The summed E-state index contributed by atoms with van der Waals surface area (Å²) in [6, 6.07) is 4.54. The molecule has 2 aromatic rings. The molecule has 28 heavy (non-hydrogen) atoms. The van der Waals surface area contributed by atoms with E-state index in [-0.39, 0.29) is 11.6 Å². The number of halogens is 4. The summed E-state index contributed by atoms with van der Waals surface area (Å²) in [6.07, 6.45) is -2.92. The van der Waals surface area contributed by atoms with Crippen LogP contribution in [0.3, 0.4) is 0 Å². The van der Waals surface area contributed by atoms with Gasteiger partial charge in [-0.25, -0.2) is 4.39 Å². The largest absolute Gasteiger partial charge is 0.416 e. The van der Waals surface area contributed by atoms with Crippen LogP contribution in [0.25, 0.3) is 0 Å². The Balaban J connectivity index is 1.90. The van der Waals surface area contributed by atoms with Crippen LogP contribution in [0.2, 0.25) is 0 Å². The number of ketones is 1. The molecule has 2 N–H and O–H groups in total. The second-order valence-corrected chi connectivity index (χ2v) is 6.22. The Morgan fingerprint density at radius 1 is 1.21 bits per heavy atom. The van der Waals surface area contributed by atoms with Gasteiger partial charge in [0.1, 0.15) is 11.5 Å². The lowest BCUT2D eigenvalue weighted by atomic mass is 10.0. The molecule has 3 rings (SSSR count). The number of anilines is 1. The van der Waals surface area contributed by atoms with Gasteiger partial charge in [-0.15, -0.1) is 0 Å². The van der Waals surface area contributed by atoms with E-state index in [1.54, 1.807) is 13.0 Å². The van der Waals surface area contributed by atoms with E-state index in [1.165, 1.54) is 12.3 Å². The van der Waals surface area contributed by atoms with Crippen LogP contribution >= 0.6 is 0 Å². The fraction of sp³-hybridized carbons (Fsp3) is 0.211. The molecule has 0 saturated heterocycles. The Morgan fingerprint density at radius 3 is 2.68 bits per heavy atom. The van der Waals surface area contributed by atoms with Gasteiger partial charge in [0.25, 0.3) is 0 Å². The van der Waals surface area contributed by atoms with Gasteiger partial charge >= 0.3 is 6.18 Å². The Morgan fingerprint density at radius 2 is 1.96 bits per heavy atom. The topological polar surface area (TPSA) is 71.1 Å². The summed E-state index contributed by atoms with van der Waals surface area (Å²) in [4.78, 5) is 28.1. The molecule has 0 unspecified atom stereocenters. The third kappa shape index (κ3) is 4.19. The predicted molar refractivity (Wildman–Crippen MR) is 93.0 cm³/mol. The number of carbonyl (C=O) groups is 2. The van der Waals surface area contributed by atoms with Crippen LogP contribution in [0, 0.1) is 5.82 Å². The van der Waals surface area contributed by atoms with E-state index in [1.807, 2.05) is 0 Å². The Kier molecular flexibility index (Phi) is 5.17. The molecule has 2 heterocycles. The molecule has 0 saturated carbocycles. The molecule has 1 amide bonds. The lowest BCUT2D eigenvalue weighted by molar-refractivity contribution is -0.137. The van der Waals surface area contributed by atoms with Crippen LogP contribution in [0.5, 0.6) is 0 Å². The molecule has 0 atom stereocenters. The average Bonchev–Trinajstić information content (AvgIpc) is 2.64. The van der Waals surface area contributed by atoms with Crippen LogP contribution in [0.15, 0.2) is 47.8 Å². The number of hydrogen-bond acceptors (Lipinski definition) is 4. The molecule has 0 spiro atoms. The highest BCUT2D eigenvalue weighted by molar-refractivity contribution is 6.08. The summed E-state index contributed by atoms with van der Waals surface area (Å²) in [6.45, 7) is 2.11. The highest BCUT2D eigenvalue weighted by Crippen LogP contribution is 2.31. The van der Waals surface area contributed by atoms with Crippen molar-refractivity contribution in [2.24, 2.45) is 0 Å². The zero-order chi connectivity index (χ0) is 20.5. The maximum atomic E-state index is 13.6. The smallest absolute Gasteiger partial charge is 0.358 e. The zero-order valence-electron chi connectivity index (χ0n) is 14.7. The van der Waals surface area contributed by atoms with Crippen LogP contribution in [0.1, 0.15) is 35.0 Å². The van der Waals surface area contributed by atoms with Crippen molar-refractivity contribution in [3.05, 3.63) is 70.4 Å². The molecule has 1 aliphatic rings. The lowest BCUT2D eigenvalue weighted by Crippen LogP contribution is -2.32. The molecule has 1 aromatic carbocycles. The van der Waals surface area contributed by atoms with Gasteiger partial charge in [0, 0.05) is 41.7 Å². The maximum Gasteiger partial charge on any atom is 0.416 e. The molecular weight excluding hydrogens is 378 g/mol. The molecule has 9 heteroatoms. The van der Waals surface area contributed by atoms with E-state index in [0.717, 1.165) is 6.07 Å². The third-order valence-corrected chi connectivity index (χ3v) is 4.23. The summed E-state index contributed by atoms with van der Waals surface area (Å²) in [5.41, 5.74) is -0.255. The zero-order valence-corrected chi connectivity index (χ0v) is 14.7. The fourth-order valence-corrected chi connectivity index (χ4v) is 2.75. The Bertz CT molecular complexity index is 983. The van der Waals surface area contributed by atoms with Gasteiger partial charge in [-0.3, -0.25) is 14.6 Å². The summed E-state index contributed by atoms with van der Waals surface area (Å²) >= 11 is 0. The van der Waals surface area contributed by atoms with Crippen LogP contribution in [0.4, 0.5) is 23.2 Å². The number of pyridine rings is 1. The summed E-state index contributed by atoms with van der Waals surface area (Å²) in [5, 5.41) is 5.72. The molecular formula is C19H15F4N3O2. The normalized spacial score (nSPS) is 14.7. The lowest BCUT2D eigenvalue weighted by Gasteiger charge is -2.20. The van der Waals surface area contributed by atoms with Crippen molar-refractivity contribution in [1.82, 2.24) is 10.3 Å². The summed E-state index contributed by atoms with van der Waals surface area (Å²) < 4.78 is 52.2. The quantitative estimate of drug-likeness (QED) is 0.614. The molecule has 0 bridgehead atoms. The van der Waals surface area contributed by atoms with Gasteiger partial charge in [0.05, 0.1) is 5.56 Å². The van der Waals surface area contributed by atoms with Gasteiger partial charge in [-0.1, -0.05) is 0 Å². The summed E-state index contributed by atoms with van der Waals surface area (Å²) in [7, 11) is 0. The molecule has 5 nitrogen and oxygen atoms in total. The number of amides is 1. The van der Waals surface area contributed by atoms with E-state index in [4.69, 9.17) is 0 Å². The van der Waals surface area contributed by atoms with Gasteiger partial charge < -0.3 is 10.6 Å². The van der Waals surface area contributed by atoms with Crippen molar-refractivity contribution in [2.75, 3.05) is 11.9 Å². The fourth-order valence-electron chi connectivity index (χ4n) is 2.75. The number of nitrogens with one attached hydrogen (secondary N) is 2. The number of hydrogen-bond donors (Lipinski definition) is 2. The van der Waals surface area contributed by atoms with Crippen molar-refractivity contribution in [2.45, 2.75) is 19.5 Å². The van der Waals surface area contributed by atoms with Gasteiger partial charge in [0.15, 0.2) is 0 Å². The molecule has 0 aliphatic carbocycles. The monoisotopic (exact) mass is 393 g/mol. The van der Waals surface area contributed by atoms with Gasteiger partial charge in [0.2, 0.25) is 11.7 Å². The predicted octanol–water partition coefficient (Wildman–Crippen LogP) is 3.68. The SMILES string of the molecule is CC1=C(Nc2ccnc(C(=O)c3cc(F)cc(C(F)(F)F)c3)c2)CCNC1=O. The third-order valence-electron chi connectivity index (χ3n) is 4.23. The first-order valence-corrected chi connectivity index (χ1v) is 8.28. The number of benzene rings is 1. The standard InChI is InChI=1S/C19H15F4N3O2/c1-10-15(3-5-25-18(10)28)26-14-2-4-24-16(9-14)17(27)11-6-12(19(21,22)23)8-13(20)7-11/h2,4,6-9H,3,5H2,1H3,(H,24,26)(H,25,28). The molecule has 1 aliphatic heterocycles. The summed E-state index contributed by atoms with van der Waals surface area (Å²) in [5.74, 6) is -2.22. The Hall–Kier alpha value is -3.23. The number of aromatic nitrogens is 1. The minimum atomic E-state index is -4.78.